The Kier molecular flexibility index (Phi) is 3.89. The summed E-state index contributed by atoms with van der Waals surface area (Å²) in [5, 5.41) is 16.0. The lowest BCUT2D eigenvalue weighted by atomic mass is 10.1. The van der Waals surface area contributed by atoms with Crippen LogP contribution < -0.4 is 10.6 Å². The molecule has 6 heteroatoms. The van der Waals surface area contributed by atoms with Gasteiger partial charge in [-0.05, 0) is 30.2 Å². The molecule has 2 amide bonds. The fourth-order valence-electron chi connectivity index (χ4n) is 3.37. The summed E-state index contributed by atoms with van der Waals surface area (Å²) in [5.41, 5.74) is 3.85. The van der Waals surface area contributed by atoms with E-state index in [1.807, 2.05) is 55.5 Å². The van der Waals surface area contributed by atoms with Crippen LogP contribution in [0.5, 0.6) is 0 Å². The van der Waals surface area contributed by atoms with Gasteiger partial charge in [-0.15, -0.1) is 0 Å². The van der Waals surface area contributed by atoms with E-state index in [9.17, 15) is 9.90 Å². The Bertz CT molecular complexity index is 887. The standard InChI is InChI=1S/C19H20N4O2/c1-11(18-21-14-8-4-5-9-15(14)22-18)20-19(25)23-17-13-7-3-2-6-12(13)10-16(17)24/h2-9,11,16-17,24H,10H2,1H3,(H,21,22)(H2,20,23,25). The summed E-state index contributed by atoms with van der Waals surface area (Å²) < 4.78 is 0. The van der Waals surface area contributed by atoms with Crippen LogP contribution in [-0.2, 0) is 6.42 Å². The molecular formula is C19H20N4O2. The molecule has 4 N–H and O–H groups in total. The molecule has 6 nitrogen and oxygen atoms in total. The first-order valence-corrected chi connectivity index (χ1v) is 8.39. The van der Waals surface area contributed by atoms with Crippen molar-refractivity contribution >= 4 is 17.1 Å². The van der Waals surface area contributed by atoms with E-state index in [0.29, 0.717) is 12.2 Å². The highest BCUT2D eigenvalue weighted by atomic mass is 16.3. The summed E-state index contributed by atoms with van der Waals surface area (Å²) in [6.07, 6.45) is -0.0510. The second kappa shape index (κ2) is 6.22. The molecule has 3 atom stereocenters. The minimum atomic E-state index is -0.607. The van der Waals surface area contributed by atoms with Crippen molar-refractivity contribution in [2.45, 2.75) is 31.5 Å². The molecule has 1 aliphatic carbocycles. The molecule has 0 spiro atoms. The van der Waals surface area contributed by atoms with Crippen LogP contribution >= 0.6 is 0 Å². The number of carbonyl (C=O) groups excluding carboxylic acids is 1. The summed E-state index contributed by atoms with van der Waals surface area (Å²) in [7, 11) is 0. The van der Waals surface area contributed by atoms with Gasteiger partial charge in [0.2, 0.25) is 0 Å². The fraction of sp³-hybridized carbons (Fsp3) is 0.263. The third kappa shape index (κ3) is 2.96. The predicted octanol–water partition coefficient (Wildman–Crippen LogP) is 2.58. The Morgan fingerprint density at radius 2 is 2.00 bits per heavy atom. The highest BCUT2D eigenvalue weighted by molar-refractivity contribution is 5.77. The summed E-state index contributed by atoms with van der Waals surface area (Å²) >= 11 is 0. The van der Waals surface area contributed by atoms with Crippen molar-refractivity contribution in [1.29, 1.82) is 0 Å². The molecule has 0 fully saturated rings. The molecule has 0 bridgehead atoms. The van der Waals surface area contributed by atoms with Gasteiger partial charge in [-0.3, -0.25) is 0 Å². The van der Waals surface area contributed by atoms with E-state index in [0.717, 1.165) is 22.2 Å². The first kappa shape index (κ1) is 15.7. The molecule has 0 saturated heterocycles. The topological polar surface area (TPSA) is 90.0 Å². The van der Waals surface area contributed by atoms with Crippen molar-refractivity contribution in [2.75, 3.05) is 0 Å². The Hall–Kier alpha value is -2.86. The van der Waals surface area contributed by atoms with E-state index in [1.165, 1.54) is 0 Å². The molecule has 1 heterocycles. The van der Waals surface area contributed by atoms with E-state index in [4.69, 9.17) is 0 Å². The number of benzene rings is 2. The Labute approximate surface area is 145 Å². The highest BCUT2D eigenvalue weighted by Gasteiger charge is 2.32. The largest absolute Gasteiger partial charge is 0.390 e. The summed E-state index contributed by atoms with van der Waals surface area (Å²) in [5.74, 6) is 0.698. The van der Waals surface area contributed by atoms with E-state index >= 15 is 0 Å². The van der Waals surface area contributed by atoms with E-state index in [1.54, 1.807) is 0 Å². The zero-order valence-corrected chi connectivity index (χ0v) is 13.9. The lowest BCUT2D eigenvalue weighted by molar-refractivity contribution is 0.142. The van der Waals surface area contributed by atoms with Crippen molar-refractivity contribution in [1.82, 2.24) is 20.6 Å². The number of rotatable bonds is 3. The van der Waals surface area contributed by atoms with Crippen LogP contribution in [0.1, 0.15) is 36.0 Å². The van der Waals surface area contributed by atoms with Crippen LogP contribution in [0.25, 0.3) is 11.0 Å². The van der Waals surface area contributed by atoms with Crippen LogP contribution in [0.3, 0.4) is 0 Å². The minimum absolute atomic E-state index is 0.277. The number of H-pyrrole nitrogens is 1. The van der Waals surface area contributed by atoms with Gasteiger partial charge in [0, 0.05) is 6.42 Å². The van der Waals surface area contributed by atoms with Gasteiger partial charge in [-0.25, -0.2) is 9.78 Å². The van der Waals surface area contributed by atoms with Crippen molar-refractivity contribution in [3.05, 3.63) is 65.5 Å². The van der Waals surface area contributed by atoms with Gasteiger partial charge < -0.3 is 20.7 Å². The van der Waals surface area contributed by atoms with Gasteiger partial charge in [-0.1, -0.05) is 36.4 Å². The minimum Gasteiger partial charge on any atom is -0.390 e. The highest BCUT2D eigenvalue weighted by Crippen LogP contribution is 2.31. The molecule has 128 valence electrons. The van der Waals surface area contributed by atoms with Gasteiger partial charge in [0.1, 0.15) is 5.82 Å². The number of urea groups is 1. The number of nitrogens with one attached hydrogen (secondary N) is 3. The number of aliphatic hydroxyl groups excluding tert-OH is 1. The summed E-state index contributed by atoms with van der Waals surface area (Å²) in [4.78, 5) is 20.1. The molecule has 3 aromatic rings. The molecule has 1 aromatic heterocycles. The number of nitrogens with zero attached hydrogens (tertiary/aromatic N) is 1. The summed E-state index contributed by atoms with van der Waals surface area (Å²) in [6.45, 7) is 1.87. The van der Waals surface area contributed by atoms with Gasteiger partial charge in [0.15, 0.2) is 0 Å². The maximum atomic E-state index is 12.4. The van der Waals surface area contributed by atoms with Crippen molar-refractivity contribution in [2.24, 2.45) is 0 Å². The zero-order valence-electron chi connectivity index (χ0n) is 13.9. The Balaban J connectivity index is 1.45. The number of imidazole rings is 1. The molecule has 4 rings (SSSR count). The normalized spacial score (nSPS) is 20.2. The van der Waals surface area contributed by atoms with Gasteiger partial charge >= 0.3 is 6.03 Å². The average molecular weight is 336 g/mol. The monoisotopic (exact) mass is 336 g/mol. The van der Waals surface area contributed by atoms with Gasteiger partial charge in [0.05, 0.1) is 29.2 Å². The summed E-state index contributed by atoms with van der Waals surface area (Å²) in [6, 6.07) is 14.5. The number of hydrogen-bond acceptors (Lipinski definition) is 3. The molecule has 0 aliphatic heterocycles. The van der Waals surface area contributed by atoms with Gasteiger partial charge in [-0.2, -0.15) is 0 Å². The number of amides is 2. The van der Waals surface area contributed by atoms with Crippen molar-refractivity contribution in [3.63, 3.8) is 0 Å². The lowest BCUT2D eigenvalue weighted by Crippen LogP contribution is -2.42. The number of para-hydroxylation sites is 2. The molecule has 0 saturated carbocycles. The van der Waals surface area contributed by atoms with Crippen molar-refractivity contribution in [3.8, 4) is 0 Å². The van der Waals surface area contributed by atoms with Gasteiger partial charge in [0.25, 0.3) is 0 Å². The molecular weight excluding hydrogens is 316 g/mol. The van der Waals surface area contributed by atoms with Crippen LogP contribution in [0.15, 0.2) is 48.5 Å². The lowest BCUT2D eigenvalue weighted by Gasteiger charge is -2.20. The second-order valence-electron chi connectivity index (χ2n) is 6.43. The quantitative estimate of drug-likeness (QED) is 0.592. The number of aromatic nitrogens is 2. The smallest absolute Gasteiger partial charge is 0.315 e. The fourth-order valence-corrected chi connectivity index (χ4v) is 3.37. The molecule has 0 radical (unpaired) electrons. The number of aromatic amines is 1. The Morgan fingerprint density at radius 1 is 1.24 bits per heavy atom. The molecule has 25 heavy (non-hydrogen) atoms. The Morgan fingerprint density at radius 3 is 2.84 bits per heavy atom. The average Bonchev–Trinajstić information content (AvgIpc) is 3.16. The third-order valence-electron chi connectivity index (χ3n) is 4.66. The van der Waals surface area contributed by atoms with Crippen LogP contribution in [0, 0.1) is 0 Å². The first-order valence-electron chi connectivity index (χ1n) is 8.39. The zero-order chi connectivity index (χ0) is 17.4. The second-order valence-corrected chi connectivity index (χ2v) is 6.43. The molecule has 2 aromatic carbocycles. The van der Waals surface area contributed by atoms with Crippen LogP contribution in [-0.4, -0.2) is 27.2 Å². The third-order valence-corrected chi connectivity index (χ3v) is 4.66. The maximum absolute atomic E-state index is 12.4. The van der Waals surface area contributed by atoms with Crippen LogP contribution in [0.2, 0.25) is 0 Å². The number of fused-ring (bicyclic) bond motifs is 2. The van der Waals surface area contributed by atoms with E-state index in [2.05, 4.69) is 20.6 Å². The van der Waals surface area contributed by atoms with E-state index in [-0.39, 0.29) is 18.1 Å². The molecule has 3 unspecified atom stereocenters. The number of carbonyl (C=O) groups is 1. The number of hydrogen-bond donors (Lipinski definition) is 4. The van der Waals surface area contributed by atoms with Crippen molar-refractivity contribution < 1.29 is 9.90 Å². The van der Waals surface area contributed by atoms with E-state index < -0.39 is 6.10 Å². The molecule has 1 aliphatic rings. The first-order chi connectivity index (χ1) is 12.1. The SMILES string of the molecule is CC(NC(=O)NC1c2ccccc2CC1O)c1nc2ccccc2[nH]1. The predicted molar refractivity (Wildman–Crippen MR) is 95.1 cm³/mol. The maximum Gasteiger partial charge on any atom is 0.315 e. The van der Waals surface area contributed by atoms with Crippen LogP contribution in [0.4, 0.5) is 4.79 Å². The number of aliphatic hydroxyl groups is 1.